The number of anilines is 2. The van der Waals surface area contributed by atoms with Crippen molar-refractivity contribution in [1.29, 1.82) is 0 Å². The molecule has 1 saturated carbocycles. The van der Waals surface area contributed by atoms with Crippen LogP contribution in [0.5, 0.6) is 5.75 Å². The number of carbonyl (C=O) groups is 1. The van der Waals surface area contributed by atoms with Gasteiger partial charge in [0, 0.05) is 36.3 Å². The van der Waals surface area contributed by atoms with Crippen molar-refractivity contribution in [1.82, 2.24) is 26.1 Å². The summed E-state index contributed by atoms with van der Waals surface area (Å²) in [5, 5.41) is 8.44. The topological polar surface area (TPSA) is 100 Å². The Hall–Kier alpha value is -3.53. The molecule has 8 nitrogen and oxygen atoms in total. The zero-order valence-corrected chi connectivity index (χ0v) is 19.9. The van der Waals surface area contributed by atoms with Gasteiger partial charge in [-0.1, -0.05) is 24.3 Å². The molecule has 1 aliphatic heterocycles. The molecule has 2 aliphatic rings. The predicted octanol–water partition coefficient (Wildman–Crippen LogP) is 3.95. The molecule has 9 heteroatoms. The molecular formula is C26H26N6O2S. The van der Waals surface area contributed by atoms with Gasteiger partial charge in [-0.05, 0) is 54.1 Å². The third kappa shape index (κ3) is 5.12. The van der Waals surface area contributed by atoms with Crippen LogP contribution in [0, 0.1) is 0 Å². The first-order valence-electron chi connectivity index (χ1n) is 11.8. The minimum absolute atomic E-state index is 0.000158. The number of hydrogen-bond acceptors (Lipinski definition) is 8. The number of ether oxygens (including phenoxy) is 1. The highest BCUT2D eigenvalue weighted by atomic mass is 32.1. The number of hydrazine groups is 1. The fourth-order valence-electron chi connectivity index (χ4n) is 4.12. The number of fused-ring (bicyclic) bond motifs is 1. The first-order chi connectivity index (χ1) is 17.2. The van der Waals surface area contributed by atoms with Crippen LogP contribution in [-0.4, -0.2) is 41.6 Å². The van der Waals surface area contributed by atoms with E-state index < -0.39 is 0 Å². The Labute approximate surface area is 207 Å². The Balaban J connectivity index is 1.22. The fourth-order valence-corrected chi connectivity index (χ4v) is 4.90. The lowest BCUT2D eigenvalue weighted by molar-refractivity contribution is -0.123. The van der Waals surface area contributed by atoms with E-state index in [0.29, 0.717) is 23.5 Å². The van der Waals surface area contributed by atoms with Crippen LogP contribution < -0.4 is 26.2 Å². The lowest BCUT2D eigenvalue weighted by Gasteiger charge is -2.12. The van der Waals surface area contributed by atoms with Crippen molar-refractivity contribution < 1.29 is 9.53 Å². The molecule has 0 bridgehead atoms. The maximum atomic E-state index is 12.0. The largest absolute Gasteiger partial charge is 0.484 e. The maximum Gasteiger partial charge on any atom is 0.258 e. The molecule has 178 valence electrons. The number of aromatic nitrogens is 2. The Morgan fingerprint density at radius 3 is 2.69 bits per heavy atom. The highest BCUT2D eigenvalue weighted by Gasteiger charge is 2.23. The van der Waals surface area contributed by atoms with Crippen LogP contribution in [-0.2, 0) is 4.79 Å². The molecular weight excluding hydrogens is 460 g/mol. The lowest BCUT2D eigenvalue weighted by atomic mass is 10.0. The molecule has 4 aromatic rings. The summed E-state index contributed by atoms with van der Waals surface area (Å²) in [6.07, 6.45) is 2.11. The maximum absolute atomic E-state index is 12.0. The van der Waals surface area contributed by atoms with E-state index in [1.165, 1.54) is 5.56 Å². The standard InChI is InChI=1S/C26H26N6O2S/c33-23(29-19-8-9-19)15-34-21-3-1-2-17(12-21)25-31-22-10-11-35-24(22)26(32-25)30-20-6-4-16(5-7-20)18-13-27-28-14-18/h1-7,10-12,18-19,27-28H,8-9,13-15H2,(H,29,33)(H,30,31,32). The summed E-state index contributed by atoms with van der Waals surface area (Å²) >= 11 is 1.61. The molecule has 0 atom stereocenters. The van der Waals surface area contributed by atoms with E-state index in [0.717, 1.165) is 53.2 Å². The van der Waals surface area contributed by atoms with Crippen LogP contribution in [0.25, 0.3) is 21.6 Å². The molecule has 35 heavy (non-hydrogen) atoms. The molecule has 3 heterocycles. The van der Waals surface area contributed by atoms with Gasteiger partial charge in [0.1, 0.15) is 5.75 Å². The van der Waals surface area contributed by atoms with Crippen molar-refractivity contribution in [3.8, 4) is 17.1 Å². The second-order valence-electron chi connectivity index (χ2n) is 8.89. The highest BCUT2D eigenvalue weighted by Crippen LogP contribution is 2.32. The highest BCUT2D eigenvalue weighted by molar-refractivity contribution is 7.17. The SMILES string of the molecule is O=C(COc1cccc(-c2nc(Nc3ccc(C4CNNC4)cc3)c3sccc3n2)c1)NC1CC1. The number of nitrogens with zero attached hydrogens (tertiary/aromatic N) is 2. The van der Waals surface area contributed by atoms with E-state index in [1.54, 1.807) is 11.3 Å². The van der Waals surface area contributed by atoms with Gasteiger partial charge in [-0.25, -0.2) is 9.97 Å². The van der Waals surface area contributed by atoms with E-state index in [4.69, 9.17) is 14.7 Å². The first-order valence-corrected chi connectivity index (χ1v) is 12.7. The molecule has 0 radical (unpaired) electrons. The van der Waals surface area contributed by atoms with E-state index in [-0.39, 0.29) is 12.5 Å². The predicted molar refractivity (Wildman–Crippen MR) is 138 cm³/mol. The molecule has 2 fully saturated rings. The van der Waals surface area contributed by atoms with Crippen molar-refractivity contribution in [2.24, 2.45) is 0 Å². The average Bonchev–Trinajstić information content (AvgIpc) is 3.32. The van der Waals surface area contributed by atoms with Gasteiger partial charge >= 0.3 is 0 Å². The van der Waals surface area contributed by atoms with Crippen molar-refractivity contribution in [2.45, 2.75) is 24.8 Å². The normalized spacial score (nSPS) is 15.9. The quantitative estimate of drug-likeness (QED) is 0.299. The summed E-state index contributed by atoms with van der Waals surface area (Å²) in [7, 11) is 0. The number of benzene rings is 2. The van der Waals surface area contributed by atoms with Crippen molar-refractivity contribution >= 4 is 39.0 Å². The van der Waals surface area contributed by atoms with Gasteiger partial charge in [0.2, 0.25) is 0 Å². The number of amides is 1. The zero-order chi connectivity index (χ0) is 23.6. The number of thiophene rings is 1. The molecule has 6 rings (SSSR count). The summed E-state index contributed by atoms with van der Waals surface area (Å²) in [5.41, 5.74) is 10.4. The van der Waals surface area contributed by atoms with Crippen molar-refractivity contribution in [3.63, 3.8) is 0 Å². The number of rotatable bonds is 8. The lowest BCUT2D eigenvalue weighted by Crippen LogP contribution is -2.30. The molecule has 2 aromatic heterocycles. The Morgan fingerprint density at radius 1 is 1.06 bits per heavy atom. The Bertz CT molecular complexity index is 1350. The number of nitrogens with one attached hydrogen (secondary N) is 4. The van der Waals surface area contributed by atoms with E-state index in [1.807, 2.05) is 35.7 Å². The van der Waals surface area contributed by atoms with Gasteiger partial charge in [-0.3, -0.25) is 15.6 Å². The Kier molecular flexibility index (Phi) is 6.03. The molecule has 1 aliphatic carbocycles. The molecule has 1 saturated heterocycles. The minimum atomic E-state index is -0.0909. The number of hydrogen-bond donors (Lipinski definition) is 4. The van der Waals surface area contributed by atoms with Gasteiger partial charge in [-0.2, -0.15) is 0 Å². The van der Waals surface area contributed by atoms with Crippen LogP contribution in [0.2, 0.25) is 0 Å². The summed E-state index contributed by atoms with van der Waals surface area (Å²) in [6, 6.07) is 18.4. The summed E-state index contributed by atoms with van der Waals surface area (Å²) < 4.78 is 6.73. The second-order valence-corrected chi connectivity index (χ2v) is 9.81. The van der Waals surface area contributed by atoms with Crippen LogP contribution >= 0.6 is 11.3 Å². The van der Waals surface area contributed by atoms with Gasteiger partial charge in [0.05, 0.1) is 10.2 Å². The fraction of sp³-hybridized carbons (Fsp3) is 0.269. The smallest absolute Gasteiger partial charge is 0.258 e. The first kappa shape index (κ1) is 22.0. The molecule has 4 N–H and O–H groups in total. The third-order valence-electron chi connectivity index (χ3n) is 6.17. The molecule has 1 amide bonds. The van der Waals surface area contributed by atoms with Crippen LogP contribution in [0.3, 0.4) is 0 Å². The zero-order valence-electron chi connectivity index (χ0n) is 19.1. The second kappa shape index (κ2) is 9.61. The molecule has 2 aromatic carbocycles. The van der Waals surface area contributed by atoms with Gasteiger partial charge in [0.25, 0.3) is 5.91 Å². The van der Waals surface area contributed by atoms with Crippen LogP contribution in [0.1, 0.15) is 24.3 Å². The van der Waals surface area contributed by atoms with E-state index >= 15 is 0 Å². The van der Waals surface area contributed by atoms with E-state index in [9.17, 15) is 4.79 Å². The van der Waals surface area contributed by atoms with Crippen molar-refractivity contribution in [3.05, 3.63) is 65.5 Å². The summed E-state index contributed by atoms with van der Waals surface area (Å²) in [4.78, 5) is 21.6. The average molecular weight is 487 g/mol. The minimum Gasteiger partial charge on any atom is -0.484 e. The van der Waals surface area contributed by atoms with E-state index in [2.05, 4.69) is 45.8 Å². The van der Waals surface area contributed by atoms with Crippen LogP contribution in [0.15, 0.2) is 60.0 Å². The van der Waals surface area contributed by atoms with Crippen molar-refractivity contribution in [2.75, 3.05) is 25.0 Å². The van der Waals surface area contributed by atoms with Crippen LogP contribution in [0.4, 0.5) is 11.5 Å². The summed E-state index contributed by atoms with van der Waals surface area (Å²) in [5.74, 6) is 2.38. The third-order valence-corrected chi connectivity index (χ3v) is 7.09. The van der Waals surface area contributed by atoms with Gasteiger partial charge < -0.3 is 15.4 Å². The number of carbonyl (C=O) groups excluding carboxylic acids is 1. The summed E-state index contributed by atoms with van der Waals surface area (Å²) in [6.45, 7) is 1.87. The Morgan fingerprint density at radius 2 is 1.89 bits per heavy atom. The van der Waals surface area contributed by atoms with Gasteiger partial charge in [-0.15, -0.1) is 11.3 Å². The molecule has 0 unspecified atom stereocenters. The molecule has 0 spiro atoms. The van der Waals surface area contributed by atoms with Gasteiger partial charge in [0.15, 0.2) is 18.2 Å². The monoisotopic (exact) mass is 486 g/mol.